The minimum Gasteiger partial charge on any atom is -0.493 e. The second kappa shape index (κ2) is 11.7. The molecule has 0 saturated heterocycles. The molecule has 2 aromatic carbocycles. The molecule has 8 heteroatoms. The SMILES string of the molecule is CN=C(NCCc1ccc2c(c1)CCO2)NCc1ccc(Oc2cccc(F)c2)nc1.I. The Kier molecular flexibility index (Phi) is 8.66. The summed E-state index contributed by atoms with van der Waals surface area (Å²) in [5, 5.41) is 6.61. The van der Waals surface area contributed by atoms with Crippen LogP contribution < -0.4 is 20.1 Å². The average molecular weight is 548 g/mol. The Morgan fingerprint density at radius 1 is 1.12 bits per heavy atom. The van der Waals surface area contributed by atoms with Crippen LogP contribution in [0.1, 0.15) is 16.7 Å². The highest BCUT2D eigenvalue weighted by Gasteiger charge is 2.11. The summed E-state index contributed by atoms with van der Waals surface area (Å²) >= 11 is 0. The molecule has 0 unspecified atom stereocenters. The van der Waals surface area contributed by atoms with Crippen molar-refractivity contribution in [1.82, 2.24) is 15.6 Å². The zero-order valence-electron chi connectivity index (χ0n) is 17.8. The van der Waals surface area contributed by atoms with E-state index in [0.29, 0.717) is 18.2 Å². The lowest BCUT2D eigenvalue weighted by Crippen LogP contribution is -2.37. The van der Waals surface area contributed by atoms with Gasteiger partial charge >= 0.3 is 0 Å². The number of guanidine groups is 1. The van der Waals surface area contributed by atoms with E-state index in [1.807, 2.05) is 6.07 Å². The van der Waals surface area contributed by atoms with E-state index in [0.717, 1.165) is 43.3 Å². The zero-order valence-corrected chi connectivity index (χ0v) is 20.1. The van der Waals surface area contributed by atoms with Crippen molar-refractivity contribution in [3.05, 3.63) is 83.3 Å². The van der Waals surface area contributed by atoms with Crippen molar-refractivity contribution in [2.45, 2.75) is 19.4 Å². The lowest BCUT2D eigenvalue weighted by Gasteiger charge is -2.12. The lowest BCUT2D eigenvalue weighted by molar-refractivity contribution is 0.357. The van der Waals surface area contributed by atoms with E-state index in [9.17, 15) is 4.39 Å². The van der Waals surface area contributed by atoms with Gasteiger partial charge in [-0.1, -0.05) is 24.3 Å². The summed E-state index contributed by atoms with van der Waals surface area (Å²) in [5.74, 6) is 2.22. The van der Waals surface area contributed by atoms with Crippen LogP contribution in [0.15, 0.2) is 65.8 Å². The molecule has 0 fully saturated rings. The number of halogens is 2. The van der Waals surface area contributed by atoms with Crippen LogP contribution >= 0.6 is 24.0 Å². The predicted molar refractivity (Wildman–Crippen MR) is 134 cm³/mol. The third-order valence-electron chi connectivity index (χ3n) is 4.96. The number of fused-ring (bicyclic) bond motifs is 1. The molecule has 2 N–H and O–H groups in total. The number of aromatic nitrogens is 1. The molecule has 6 nitrogen and oxygen atoms in total. The molecule has 1 aliphatic heterocycles. The van der Waals surface area contributed by atoms with Crippen molar-refractivity contribution in [2.24, 2.45) is 4.99 Å². The second-order valence-corrected chi connectivity index (χ2v) is 7.21. The minimum atomic E-state index is -0.345. The molecule has 1 aromatic heterocycles. The average Bonchev–Trinajstić information content (AvgIpc) is 3.25. The van der Waals surface area contributed by atoms with Gasteiger partial charge in [-0.3, -0.25) is 4.99 Å². The molecule has 1 aliphatic rings. The van der Waals surface area contributed by atoms with Crippen molar-refractivity contribution in [1.29, 1.82) is 0 Å². The highest BCUT2D eigenvalue weighted by atomic mass is 127. The normalized spacial score (nSPS) is 12.4. The number of aliphatic imine (C=N–C) groups is 1. The number of nitrogens with one attached hydrogen (secondary N) is 2. The molecule has 4 rings (SSSR count). The number of nitrogens with zero attached hydrogens (tertiary/aromatic N) is 2. The molecule has 0 atom stereocenters. The molecule has 32 heavy (non-hydrogen) atoms. The van der Waals surface area contributed by atoms with Crippen molar-refractivity contribution in [2.75, 3.05) is 20.2 Å². The fourth-order valence-corrected chi connectivity index (χ4v) is 3.35. The molecule has 168 valence electrons. The number of ether oxygens (including phenoxy) is 2. The molecule has 2 heterocycles. The van der Waals surface area contributed by atoms with E-state index in [2.05, 4.69) is 38.8 Å². The van der Waals surface area contributed by atoms with Crippen LogP contribution in [0.4, 0.5) is 4.39 Å². The Morgan fingerprint density at radius 3 is 2.78 bits per heavy atom. The Balaban J connectivity index is 0.00000289. The van der Waals surface area contributed by atoms with E-state index in [4.69, 9.17) is 9.47 Å². The third-order valence-corrected chi connectivity index (χ3v) is 4.96. The molecule has 0 saturated carbocycles. The predicted octanol–water partition coefficient (Wildman–Crippen LogP) is 4.47. The van der Waals surface area contributed by atoms with Crippen molar-refractivity contribution >= 4 is 29.9 Å². The van der Waals surface area contributed by atoms with Crippen LogP contribution in [-0.4, -0.2) is 31.1 Å². The van der Waals surface area contributed by atoms with Gasteiger partial charge in [0.25, 0.3) is 0 Å². The standard InChI is InChI=1S/C24H25FN4O2.HI/c1-26-24(27-11-9-17-5-7-22-19(13-17)10-12-30-22)29-16-18-6-8-23(28-15-18)31-21-4-2-3-20(25)14-21;/h2-8,13-15H,9-12,16H2,1H3,(H2,26,27,29);1H. The first-order chi connectivity index (χ1) is 15.2. The Morgan fingerprint density at radius 2 is 2.00 bits per heavy atom. The number of benzene rings is 2. The van der Waals surface area contributed by atoms with Crippen molar-refractivity contribution in [3.63, 3.8) is 0 Å². The van der Waals surface area contributed by atoms with Crippen LogP contribution in [-0.2, 0) is 19.4 Å². The maximum atomic E-state index is 13.3. The number of pyridine rings is 1. The first-order valence-electron chi connectivity index (χ1n) is 10.3. The third kappa shape index (κ3) is 6.56. The molecule has 3 aromatic rings. The summed E-state index contributed by atoms with van der Waals surface area (Å²) in [7, 11) is 1.75. The highest BCUT2D eigenvalue weighted by Crippen LogP contribution is 2.26. The molecular weight excluding hydrogens is 522 g/mol. The van der Waals surface area contributed by atoms with Gasteiger partial charge in [0.15, 0.2) is 5.96 Å². The number of hydrogen-bond acceptors (Lipinski definition) is 4. The maximum Gasteiger partial charge on any atom is 0.219 e. The molecular formula is C24H26FIN4O2. The van der Waals surface area contributed by atoms with Gasteiger partial charge in [-0.15, -0.1) is 24.0 Å². The minimum absolute atomic E-state index is 0. The summed E-state index contributed by atoms with van der Waals surface area (Å²) in [5.41, 5.74) is 3.55. The van der Waals surface area contributed by atoms with Crippen molar-refractivity contribution < 1.29 is 13.9 Å². The van der Waals surface area contributed by atoms with Gasteiger partial charge in [0, 0.05) is 44.9 Å². The van der Waals surface area contributed by atoms with Gasteiger partial charge in [-0.2, -0.15) is 0 Å². The van der Waals surface area contributed by atoms with Gasteiger partial charge in [0.2, 0.25) is 5.88 Å². The van der Waals surface area contributed by atoms with Gasteiger partial charge in [0.1, 0.15) is 17.3 Å². The largest absolute Gasteiger partial charge is 0.493 e. The summed E-state index contributed by atoms with van der Waals surface area (Å²) in [6.45, 7) is 2.13. The molecule has 0 radical (unpaired) electrons. The fraction of sp³-hybridized carbons (Fsp3) is 0.250. The maximum absolute atomic E-state index is 13.3. The van der Waals surface area contributed by atoms with E-state index in [-0.39, 0.29) is 29.8 Å². The fourth-order valence-electron chi connectivity index (χ4n) is 3.35. The topological polar surface area (TPSA) is 67.8 Å². The van der Waals surface area contributed by atoms with Gasteiger partial charge in [-0.05, 0) is 41.3 Å². The monoisotopic (exact) mass is 548 g/mol. The van der Waals surface area contributed by atoms with Gasteiger partial charge in [-0.25, -0.2) is 9.37 Å². The zero-order chi connectivity index (χ0) is 21.5. The van der Waals surface area contributed by atoms with E-state index in [1.54, 1.807) is 31.4 Å². The van der Waals surface area contributed by atoms with Crippen molar-refractivity contribution in [3.8, 4) is 17.4 Å². The van der Waals surface area contributed by atoms with E-state index >= 15 is 0 Å². The second-order valence-electron chi connectivity index (χ2n) is 7.21. The smallest absolute Gasteiger partial charge is 0.219 e. The molecule has 0 amide bonds. The summed E-state index contributed by atoms with van der Waals surface area (Å²) in [6, 6.07) is 16.0. The summed E-state index contributed by atoms with van der Waals surface area (Å²) < 4.78 is 24.4. The molecule has 0 spiro atoms. The number of rotatable bonds is 7. The molecule has 0 bridgehead atoms. The van der Waals surface area contributed by atoms with Crippen LogP contribution in [0.3, 0.4) is 0 Å². The first kappa shape index (κ1) is 23.8. The Hall–Kier alpha value is -2.88. The Labute approximate surface area is 204 Å². The van der Waals surface area contributed by atoms with Crippen LogP contribution in [0.25, 0.3) is 0 Å². The van der Waals surface area contributed by atoms with Gasteiger partial charge < -0.3 is 20.1 Å². The van der Waals surface area contributed by atoms with E-state index < -0.39 is 0 Å². The van der Waals surface area contributed by atoms with Crippen LogP contribution in [0.2, 0.25) is 0 Å². The quantitative estimate of drug-likeness (QED) is 0.259. The Bertz CT molecular complexity index is 1060. The summed E-state index contributed by atoms with van der Waals surface area (Å²) in [6.07, 6.45) is 3.61. The lowest BCUT2D eigenvalue weighted by atomic mass is 10.1. The number of hydrogen-bond donors (Lipinski definition) is 2. The highest BCUT2D eigenvalue weighted by molar-refractivity contribution is 14.0. The first-order valence-corrected chi connectivity index (χ1v) is 10.3. The molecule has 0 aliphatic carbocycles. The summed E-state index contributed by atoms with van der Waals surface area (Å²) in [4.78, 5) is 8.55. The van der Waals surface area contributed by atoms with Crippen LogP contribution in [0, 0.1) is 5.82 Å². The van der Waals surface area contributed by atoms with E-state index in [1.165, 1.54) is 23.3 Å². The van der Waals surface area contributed by atoms with Gasteiger partial charge in [0.05, 0.1) is 6.61 Å². The van der Waals surface area contributed by atoms with Crippen LogP contribution in [0.5, 0.6) is 17.4 Å².